The summed E-state index contributed by atoms with van der Waals surface area (Å²) in [6.45, 7) is 1.65. The van der Waals surface area contributed by atoms with E-state index in [0.29, 0.717) is 11.3 Å². The Balaban J connectivity index is 2.08. The molecule has 1 atom stereocenters. The standard InChI is InChI=1S/C15H14F3NO/c1-9-6-10(16)3-5-15(9)20-8-14(19)12-7-11(17)2-4-13(12)18/h2-7,14H,8,19H2,1H3. The molecule has 1 unspecified atom stereocenters. The second-order valence-electron chi connectivity index (χ2n) is 4.49. The van der Waals surface area contributed by atoms with E-state index in [-0.39, 0.29) is 18.0 Å². The van der Waals surface area contributed by atoms with Gasteiger partial charge in [-0.2, -0.15) is 0 Å². The Kier molecular flexibility index (Phi) is 4.29. The van der Waals surface area contributed by atoms with Crippen LogP contribution >= 0.6 is 0 Å². The van der Waals surface area contributed by atoms with Gasteiger partial charge in [0.05, 0.1) is 6.04 Å². The van der Waals surface area contributed by atoms with Gasteiger partial charge in [0.1, 0.15) is 29.8 Å². The van der Waals surface area contributed by atoms with E-state index >= 15 is 0 Å². The average Bonchev–Trinajstić information content (AvgIpc) is 2.40. The molecule has 5 heteroatoms. The average molecular weight is 281 g/mol. The normalized spacial score (nSPS) is 12.2. The van der Waals surface area contributed by atoms with Crippen LogP contribution in [-0.2, 0) is 0 Å². The van der Waals surface area contributed by atoms with E-state index < -0.39 is 17.7 Å². The molecule has 0 saturated carbocycles. The monoisotopic (exact) mass is 281 g/mol. The van der Waals surface area contributed by atoms with Crippen molar-refractivity contribution in [3.8, 4) is 5.75 Å². The van der Waals surface area contributed by atoms with Gasteiger partial charge in [-0.1, -0.05) is 0 Å². The van der Waals surface area contributed by atoms with Gasteiger partial charge >= 0.3 is 0 Å². The van der Waals surface area contributed by atoms with Crippen molar-refractivity contribution in [2.75, 3.05) is 6.61 Å². The smallest absolute Gasteiger partial charge is 0.128 e. The van der Waals surface area contributed by atoms with Gasteiger partial charge in [-0.15, -0.1) is 0 Å². The Hall–Kier alpha value is -2.01. The maximum absolute atomic E-state index is 13.5. The number of rotatable bonds is 4. The van der Waals surface area contributed by atoms with Gasteiger partial charge in [0, 0.05) is 5.56 Å². The summed E-state index contributed by atoms with van der Waals surface area (Å²) in [6, 6.07) is 6.33. The van der Waals surface area contributed by atoms with Gasteiger partial charge in [-0.05, 0) is 48.9 Å². The summed E-state index contributed by atoms with van der Waals surface area (Å²) < 4.78 is 45.0. The molecular formula is C15H14F3NO. The Bertz CT molecular complexity index is 616. The van der Waals surface area contributed by atoms with Crippen LogP contribution in [0.3, 0.4) is 0 Å². The van der Waals surface area contributed by atoms with Crippen LogP contribution < -0.4 is 10.5 Å². The molecule has 2 nitrogen and oxygen atoms in total. The van der Waals surface area contributed by atoms with Crippen molar-refractivity contribution in [2.45, 2.75) is 13.0 Å². The lowest BCUT2D eigenvalue weighted by atomic mass is 10.1. The Morgan fingerprint density at radius 1 is 1.05 bits per heavy atom. The van der Waals surface area contributed by atoms with Gasteiger partial charge in [0.15, 0.2) is 0 Å². The first kappa shape index (κ1) is 14.4. The predicted octanol–water partition coefficient (Wildman–Crippen LogP) is 3.49. The second-order valence-corrected chi connectivity index (χ2v) is 4.49. The zero-order valence-electron chi connectivity index (χ0n) is 10.9. The number of nitrogens with two attached hydrogens (primary N) is 1. The summed E-state index contributed by atoms with van der Waals surface area (Å²) in [5.41, 5.74) is 6.44. The van der Waals surface area contributed by atoms with Crippen molar-refractivity contribution in [3.63, 3.8) is 0 Å². The van der Waals surface area contributed by atoms with Crippen molar-refractivity contribution < 1.29 is 17.9 Å². The van der Waals surface area contributed by atoms with Crippen molar-refractivity contribution in [2.24, 2.45) is 5.73 Å². The summed E-state index contributed by atoms with van der Waals surface area (Å²) >= 11 is 0. The number of hydrogen-bond donors (Lipinski definition) is 1. The molecule has 2 N–H and O–H groups in total. The summed E-state index contributed by atoms with van der Waals surface area (Å²) in [5.74, 6) is -1.05. The van der Waals surface area contributed by atoms with Gasteiger partial charge in [0.2, 0.25) is 0 Å². The minimum atomic E-state index is -0.810. The largest absolute Gasteiger partial charge is 0.491 e. The highest BCUT2D eigenvalue weighted by Crippen LogP contribution is 2.21. The Morgan fingerprint density at radius 3 is 2.40 bits per heavy atom. The van der Waals surface area contributed by atoms with Gasteiger partial charge < -0.3 is 10.5 Å². The lowest BCUT2D eigenvalue weighted by Gasteiger charge is -2.15. The minimum Gasteiger partial charge on any atom is -0.491 e. The summed E-state index contributed by atoms with van der Waals surface area (Å²) in [4.78, 5) is 0. The third-order valence-corrected chi connectivity index (χ3v) is 2.91. The Morgan fingerprint density at radius 2 is 1.70 bits per heavy atom. The van der Waals surface area contributed by atoms with Gasteiger partial charge in [0.25, 0.3) is 0 Å². The fourth-order valence-electron chi connectivity index (χ4n) is 1.84. The maximum atomic E-state index is 13.5. The van der Waals surface area contributed by atoms with Crippen LogP contribution in [0.25, 0.3) is 0 Å². The van der Waals surface area contributed by atoms with Crippen LogP contribution in [0.5, 0.6) is 5.75 Å². The van der Waals surface area contributed by atoms with Gasteiger partial charge in [-0.3, -0.25) is 0 Å². The van der Waals surface area contributed by atoms with Crippen molar-refractivity contribution in [1.82, 2.24) is 0 Å². The number of hydrogen-bond acceptors (Lipinski definition) is 2. The number of ether oxygens (including phenoxy) is 1. The van der Waals surface area contributed by atoms with Crippen LogP contribution in [-0.4, -0.2) is 6.61 Å². The maximum Gasteiger partial charge on any atom is 0.128 e. The van der Waals surface area contributed by atoms with Crippen LogP contribution in [0.2, 0.25) is 0 Å². The molecule has 0 radical (unpaired) electrons. The summed E-state index contributed by atoms with van der Waals surface area (Å²) in [7, 11) is 0. The molecule has 0 saturated heterocycles. The van der Waals surface area contributed by atoms with Crippen LogP contribution in [0.15, 0.2) is 36.4 Å². The topological polar surface area (TPSA) is 35.2 Å². The number of halogens is 3. The Labute approximate surface area is 115 Å². The lowest BCUT2D eigenvalue weighted by molar-refractivity contribution is 0.285. The highest BCUT2D eigenvalue weighted by molar-refractivity contribution is 5.32. The third-order valence-electron chi connectivity index (χ3n) is 2.91. The number of aryl methyl sites for hydroxylation is 1. The minimum absolute atomic E-state index is 0.0349. The molecule has 0 spiro atoms. The van der Waals surface area contributed by atoms with Crippen LogP contribution in [0.4, 0.5) is 13.2 Å². The molecular weight excluding hydrogens is 267 g/mol. The molecule has 0 aliphatic heterocycles. The van der Waals surface area contributed by atoms with Crippen LogP contribution in [0, 0.1) is 24.4 Å². The molecule has 0 heterocycles. The summed E-state index contributed by atoms with van der Waals surface area (Å²) in [6.07, 6.45) is 0. The molecule has 2 aromatic rings. The zero-order valence-corrected chi connectivity index (χ0v) is 10.9. The van der Waals surface area contributed by atoms with Crippen molar-refractivity contribution >= 4 is 0 Å². The molecule has 0 aliphatic carbocycles. The second kappa shape index (κ2) is 5.96. The first-order valence-electron chi connectivity index (χ1n) is 6.07. The first-order valence-corrected chi connectivity index (χ1v) is 6.07. The zero-order chi connectivity index (χ0) is 14.7. The molecule has 106 valence electrons. The molecule has 2 rings (SSSR count). The molecule has 0 amide bonds. The van der Waals surface area contributed by atoms with Crippen LogP contribution in [0.1, 0.15) is 17.2 Å². The first-order chi connectivity index (χ1) is 9.47. The van der Waals surface area contributed by atoms with E-state index in [1.807, 2.05) is 0 Å². The highest BCUT2D eigenvalue weighted by atomic mass is 19.1. The van der Waals surface area contributed by atoms with E-state index in [9.17, 15) is 13.2 Å². The van der Waals surface area contributed by atoms with E-state index in [1.165, 1.54) is 18.2 Å². The highest BCUT2D eigenvalue weighted by Gasteiger charge is 2.14. The molecule has 2 aromatic carbocycles. The lowest BCUT2D eigenvalue weighted by Crippen LogP contribution is -2.20. The quantitative estimate of drug-likeness (QED) is 0.931. The van der Waals surface area contributed by atoms with Crippen molar-refractivity contribution in [3.05, 3.63) is 65.0 Å². The van der Waals surface area contributed by atoms with Gasteiger partial charge in [-0.25, -0.2) is 13.2 Å². The van der Waals surface area contributed by atoms with Crippen molar-refractivity contribution in [1.29, 1.82) is 0 Å². The fourth-order valence-corrected chi connectivity index (χ4v) is 1.84. The summed E-state index contributed by atoms with van der Waals surface area (Å²) in [5, 5.41) is 0. The SMILES string of the molecule is Cc1cc(F)ccc1OCC(N)c1cc(F)ccc1F. The molecule has 20 heavy (non-hydrogen) atoms. The van der Waals surface area contributed by atoms with E-state index in [1.54, 1.807) is 6.92 Å². The fraction of sp³-hybridized carbons (Fsp3) is 0.200. The predicted molar refractivity (Wildman–Crippen MR) is 69.9 cm³/mol. The number of benzene rings is 2. The molecule has 0 aliphatic rings. The van der Waals surface area contributed by atoms with E-state index in [0.717, 1.165) is 18.2 Å². The molecule has 0 bridgehead atoms. The molecule has 0 aromatic heterocycles. The molecule has 0 fully saturated rings. The third kappa shape index (κ3) is 3.30. The van der Waals surface area contributed by atoms with E-state index in [2.05, 4.69) is 0 Å². The van der Waals surface area contributed by atoms with E-state index in [4.69, 9.17) is 10.5 Å².